The number of piperazine rings is 1. The molecule has 26 heavy (non-hydrogen) atoms. The average molecular weight is 348 g/mol. The molecular weight excluding hydrogens is 328 g/mol. The molecule has 1 fully saturated rings. The second-order valence-electron chi connectivity index (χ2n) is 6.24. The average Bonchev–Trinajstić information content (AvgIpc) is 2.73. The first-order valence-corrected chi connectivity index (χ1v) is 8.66. The third-order valence-corrected chi connectivity index (χ3v) is 4.71. The number of fused-ring (bicyclic) bond motifs is 1. The fraction of sp³-hybridized carbons (Fsp3) is 0.250. The summed E-state index contributed by atoms with van der Waals surface area (Å²) in [6.07, 6.45) is 0. The fourth-order valence-corrected chi connectivity index (χ4v) is 3.29. The molecule has 6 heteroatoms. The van der Waals surface area contributed by atoms with Gasteiger partial charge >= 0.3 is 0 Å². The van der Waals surface area contributed by atoms with Crippen molar-refractivity contribution in [3.05, 3.63) is 60.3 Å². The number of anilines is 1. The van der Waals surface area contributed by atoms with Crippen LogP contribution in [0.4, 0.5) is 5.69 Å². The van der Waals surface area contributed by atoms with Gasteiger partial charge in [-0.05, 0) is 24.3 Å². The van der Waals surface area contributed by atoms with Gasteiger partial charge in [0.1, 0.15) is 5.75 Å². The summed E-state index contributed by atoms with van der Waals surface area (Å²) in [7, 11) is 1.68. The first-order valence-electron chi connectivity index (χ1n) is 8.66. The van der Waals surface area contributed by atoms with Crippen LogP contribution < -0.4 is 9.64 Å². The molecular formula is C20H20N4O2. The number of carbonyl (C=O) groups excluding carboxylic acids is 1. The summed E-state index contributed by atoms with van der Waals surface area (Å²) < 4.78 is 5.44. The van der Waals surface area contributed by atoms with Gasteiger partial charge < -0.3 is 14.5 Å². The SMILES string of the molecule is COc1ccccc1N1CCN(C(=O)c2cc3ccccc3nn2)CC1. The van der Waals surface area contributed by atoms with Crippen LogP contribution in [-0.4, -0.2) is 54.3 Å². The van der Waals surface area contributed by atoms with Crippen molar-refractivity contribution in [3.63, 3.8) is 0 Å². The highest BCUT2D eigenvalue weighted by atomic mass is 16.5. The van der Waals surface area contributed by atoms with Gasteiger partial charge in [0.05, 0.1) is 18.3 Å². The minimum Gasteiger partial charge on any atom is -0.495 e. The van der Waals surface area contributed by atoms with E-state index in [9.17, 15) is 4.79 Å². The number of nitrogens with zero attached hydrogens (tertiary/aromatic N) is 4. The second kappa shape index (κ2) is 7.00. The molecule has 0 N–H and O–H groups in total. The Morgan fingerprint density at radius 2 is 1.69 bits per heavy atom. The molecule has 0 bridgehead atoms. The van der Waals surface area contributed by atoms with Crippen molar-refractivity contribution in [1.82, 2.24) is 15.1 Å². The number of para-hydroxylation sites is 2. The van der Waals surface area contributed by atoms with Crippen LogP contribution in [0.5, 0.6) is 5.75 Å². The van der Waals surface area contributed by atoms with E-state index in [0.29, 0.717) is 18.8 Å². The zero-order chi connectivity index (χ0) is 17.9. The molecule has 2 aromatic carbocycles. The van der Waals surface area contributed by atoms with Gasteiger partial charge in [0.2, 0.25) is 0 Å². The zero-order valence-electron chi connectivity index (χ0n) is 14.6. The van der Waals surface area contributed by atoms with E-state index in [1.54, 1.807) is 7.11 Å². The van der Waals surface area contributed by atoms with Crippen LogP contribution in [0.1, 0.15) is 10.5 Å². The lowest BCUT2D eigenvalue weighted by atomic mass is 10.2. The molecule has 2 heterocycles. The first kappa shape index (κ1) is 16.3. The Morgan fingerprint density at radius 3 is 2.50 bits per heavy atom. The summed E-state index contributed by atoms with van der Waals surface area (Å²) >= 11 is 0. The Labute approximate surface area is 152 Å². The summed E-state index contributed by atoms with van der Waals surface area (Å²) in [6.45, 7) is 2.80. The van der Waals surface area contributed by atoms with E-state index < -0.39 is 0 Å². The second-order valence-corrected chi connectivity index (χ2v) is 6.24. The van der Waals surface area contributed by atoms with Crippen molar-refractivity contribution in [2.24, 2.45) is 0 Å². The number of methoxy groups -OCH3 is 1. The largest absolute Gasteiger partial charge is 0.495 e. The van der Waals surface area contributed by atoms with Crippen LogP contribution in [-0.2, 0) is 0 Å². The number of hydrogen-bond donors (Lipinski definition) is 0. The summed E-state index contributed by atoms with van der Waals surface area (Å²) in [5, 5.41) is 9.20. The minimum absolute atomic E-state index is 0.0667. The Balaban J connectivity index is 1.47. The first-order chi connectivity index (χ1) is 12.8. The highest BCUT2D eigenvalue weighted by Gasteiger charge is 2.24. The maximum absolute atomic E-state index is 12.8. The van der Waals surface area contributed by atoms with Crippen LogP contribution in [0.3, 0.4) is 0 Å². The topological polar surface area (TPSA) is 58.6 Å². The van der Waals surface area contributed by atoms with Gasteiger partial charge in [-0.2, -0.15) is 0 Å². The van der Waals surface area contributed by atoms with Crippen molar-refractivity contribution in [2.75, 3.05) is 38.2 Å². The monoisotopic (exact) mass is 348 g/mol. The Hall–Kier alpha value is -3.15. The lowest BCUT2D eigenvalue weighted by Gasteiger charge is -2.36. The Bertz CT molecular complexity index is 936. The van der Waals surface area contributed by atoms with E-state index in [-0.39, 0.29) is 5.91 Å². The Morgan fingerprint density at radius 1 is 0.962 bits per heavy atom. The number of hydrogen-bond acceptors (Lipinski definition) is 5. The predicted molar refractivity (Wildman–Crippen MR) is 101 cm³/mol. The molecule has 0 aliphatic carbocycles. The van der Waals surface area contributed by atoms with Crippen LogP contribution in [0.2, 0.25) is 0 Å². The molecule has 0 spiro atoms. The normalized spacial score (nSPS) is 14.5. The standard InChI is InChI=1S/C20H20N4O2/c1-26-19-9-5-4-8-18(19)23-10-12-24(13-11-23)20(25)17-14-15-6-2-3-7-16(15)21-22-17/h2-9,14H,10-13H2,1H3. The van der Waals surface area contributed by atoms with E-state index in [0.717, 1.165) is 35.4 Å². The molecule has 1 aliphatic heterocycles. The van der Waals surface area contributed by atoms with Gasteiger partial charge in [-0.15, -0.1) is 10.2 Å². The Kier molecular flexibility index (Phi) is 4.39. The third-order valence-electron chi connectivity index (χ3n) is 4.71. The van der Waals surface area contributed by atoms with Gasteiger partial charge in [0, 0.05) is 31.6 Å². The molecule has 4 rings (SSSR count). The van der Waals surface area contributed by atoms with Crippen LogP contribution >= 0.6 is 0 Å². The third kappa shape index (κ3) is 3.06. The van der Waals surface area contributed by atoms with E-state index in [2.05, 4.69) is 15.1 Å². The maximum atomic E-state index is 12.8. The number of aromatic nitrogens is 2. The van der Waals surface area contributed by atoms with Crippen LogP contribution in [0.25, 0.3) is 10.9 Å². The van der Waals surface area contributed by atoms with Gasteiger partial charge in [-0.3, -0.25) is 4.79 Å². The van der Waals surface area contributed by atoms with Gasteiger partial charge in [0.15, 0.2) is 5.69 Å². The summed E-state index contributed by atoms with van der Waals surface area (Å²) in [4.78, 5) is 16.9. The number of rotatable bonds is 3. The van der Waals surface area contributed by atoms with Crippen molar-refractivity contribution >= 4 is 22.5 Å². The van der Waals surface area contributed by atoms with Crippen molar-refractivity contribution in [2.45, 2.75) is 0 Å². The highest BCUT2D eigenvalue weighted by Crippen LogP contribution is 2.28. The van der Waals surface area contributed by atoms with E-state index in [4.69, 9.17) is 4.74 Å². The quantitative estimate of drug-likeness (QED) is 0.728. The van der Waals surface area contributed by atoms with Gasteiger partial charge in [-0.1, -0.05) is 30.3 Å². The van der Waals surface area contributed by atoms with Gasteiger partial charge in [0.25, 0.3) is 5.91 Å². The van der Waals surface area contributed by atoms with E-state index in [1.807, 2.05) is 59.5 Å². The molecule has 1 aromatic heterocycles. The maximum Gasteiger partial charge on any atom is 0.274 e. The lowest BCUT2D eigenvalue weighted by Crippen LogP contribution is -2.49. The van der Waals surface area contributed by atoms with Crippen LogP contribution in [0, 0.1) is 0 Å². The highest BCUT2D eigenvalue weighted by molar-refractivity contribution is 5.95. The summed E-state index contributed by atoms with van der Waals surface area (Å²) in [5.74, 6) is 0.788. The van der Waals surface area contributed by atoms with Crippen molar-refractivity contribution in [1.29, 1.82) is 0 Å². The fourth-order valence-electron chi connectivity index (χ4n) is 3.29. The number of ether oxygens (including phenoxy) is 1. The molecule has 6 nitrogen and oxygen atoms in total. The summed E-state index contributed by atoms with van der Waals surface area (Å²) in [6, 6.07) is 17.5. The summed E-state index contributed by atoms with van der Waals surface area (Å²) in [5.41, 5.74) is 2.26. The number of amides is 1. The molecule has 0 saturated carbocycles. The minimum atomic E-state index is -0.0667. The molecule has 3 aromatic rings. The molecule has 1 saturated heterocycles. The number of carbonyl (C=O) groups is 1. The molecule has 0 unspecified atom stereocenters. The van der Waals surface area contributed by atoms with Crippen molar-refractivity contribution in [3.8, 4) is 5.75 Å². The van der Waals surface area contributed by atoms with E-state index in [1.165, 1.54) is 0 Å². The van der Waals surface area contributed by atoms with Crippen molar-refractivity contribution < 1.29 is 9.53 Å². The van der Waals surface area contributed by atoms with E-state index >= 15 is 0 Å². The molecule has 0 atom stereocenters. The van der Waals surface area contributed by atoms with Gasteiger partial charge in [-0.25, -0.2) is 0 Å². The smallest absolute Gasteiger partial charge is 0.274 e. The predicted octanol–water partition coefficient (Wildman–Crippen LogP) is 2.60. The zero-order valence-corrected chi connectivity index (χ0v) is 14.6. The van der Waals surface area contributed by atoms with Crippen LogP contribution in [0.15, 0.2) is 54.6 Å². The molecule has 1 aliphatic rings. The molecule has 0 radical (unpaired) electrons. The lowest BCUT2D eigenvalue weighted by molar-refractivity contribution is 0.0740. The molecule has 1 amide bonds. The number of benzene rings is 2. The molecule has 132 valence electrons.